The topological polar surface area (TPSA) is 34.9 Å². The minimum atomic E-state index is -0.0348. The lowest BCUT2D eigenvalue weighted by molar-refractivity contribution is 0.737. The molecule has 13 heavy (non-hydrogen) atoms. The summed E-state index contributed by atoms with van der Waals surface area (Å²) in [6.07, 6.45) is 2.33. The van der Waals surface area contributed by atoms with Gasteiger partial charge in [0.1, 0.15) is 0 Å². The molecule has 1 aromatic heterocycles. The summed E-state index contributed by atoms with van der Waals surface area (Å²) in [5.41, 5.74) is 0.786. The van der Waals surface area contributed by atoms with Gasteiger partial charge in [0.2, 0.25) is 0 Å². The standard InChI is InChI=1S/C9H11BrN2O/c1-3-8-4-9(13)12(6-11-8)5-7(2)10/h4,6H,2-3,5H2,1H3. The molecule has 0 amide bonds. The predicted molar refractivity (Wildman–Crippen MR) is 55.9 cm³/mol. The van der Waals surface area contributed by atoms with Crippen molar-refractivity contribution in [1.82, 2.24) is 9.55 Å². The summed E-state index contributed by atoms with van der Waals surface area (Å²) < 4.78 is 2.27. The van der Waals surface area contributed by atoms with Crippen LogP contribution in [0.15, 0.2) is 28.2 Å². The van der Waals surface area contributed by atoms with Crippen LogP contribution in [0.25, 0.3) is 0 Å². The molecule has 0 aromatic carbocycles. The van der Waals surface area contributed by atoms with Gasteiger partial charge in [0, 0.05) is 16.2 Å². The zero-order chi connectivity index (χ0) is 9.84. The highest BCUT2D eigenvalue weighted by atomic mass is 79.9. The molecule has 0 unspecified atom stereocenters. The van der Waals surface area contributed by atoms with Gasteiger partial charge in [0.25, 0.3) is 5.56 Å². The van der Waals surface area contributed by atoms with Crippen LogP contribution in [0.1, 0.15) is 12.6 Å². The molecular weight excluding hydrogens is 232 g/mol. The Kier molecular flexibility index (Phi) is 3.42. The Morgan fingerprint density at radius 3 is 2.92 bits per heavy atom. The normalized spacial score (nSPS) is 10.0. The summed E-state index contributed by atoms with van der Waals surface area (Å²) in [5, 5.41) is 0. The smallest absolute Gasteiger partial charge is 0.253 e. The van der Waals surface area contributed by atoms with E-state index in [1.54, 1.807) is 12.4 Å². The van der Waals surface area contributed by atoms with Crippen molar-refractivity contribution in [2.24, 2.45) is 0 Å². The van der Waals surface area contributed by atoms with Crippen LogP contribution in [0.3, 0.4) is 0 Å². The predicted octanol–water partition coefficient (Wildman–Crippen LogP) is 1.71. The van der Waals surface area contributed by atoms with Gasteiger partial charge in [0.05, 0.1) is 12.9 Å². The van der Waals surface area contributed by atoms with E-state index in [0.717, 1.165) is 16.6 Å². The van der Waals surface area contributed by atoms with Crippen LogP contribution in [0.5, 0.6) is 0 Å². The summed E-state index contributed by atoms with van der Waals surface area (Å²) in [6, 6.07) is 1.55. The number of allylic oxidation sites excluding steroid dienone is 1. The summed E-state index contributed by atoms with van der Waals surface area (Å²) in [7, 11) is 0. The zero-order valence-corrected chi connectivity index (χ0v) is 9.04. The summed E-state index contributed by atoms with van der Waals surface area (Å²) in [5.74, 6) is 0. The summed E-state index contributed by atoms with van der Waals surface area (Å²) in [4.78, 5) is 15.5. The van der Waals surface area contributed by atoms with Crippen molar-refractivity contribution in [2.45, 2.75) is 19.9 Å². The van der Waals surface area contributed by atoms with Crippen molar-refractivity contribution in [2.75, 3.05) is 0 Å². The fourth-order valence-electron chi connectivity index (χ4n) is 0.960. The number of nitrogens with zero attached hydrogens (tertiary/aromatic N) is 2. The number of aromatic nitrogens is 2. The van der Waals surface area contributed by atoms with Crippen molar-refractivity contribution >= 4 is 15.9 Å². The van der Waals surface area contributed by atoms with Crippen LogP contribution in [0.2, 0.25) is 0 Å². The van der Waals surface area contributed by atoms with Crippen LogP contribution < -0.4 is 5.56 Å². The molecular formula is C9H11BrN2O. The monoisotopic (exact) mass is 242 g/mol. The molecule has 0 saturated heterocycles. The quantitative estimate of drug-likeness (QED) is 0.810. The van der Waals surface area contributed by atoms with Crippen molar-refractivity contribution in [3.05, 3.63) is 39.5 Å². The lowest BCUT2D eigenvalue weighted by Crippen LogP contribution is -2.20. The molecule has 4 heteroatoms. The molecule has 3 nitrogen and oxygen atoms in total. The maximum atomic E-state index is 11.4. The third kappa shape index (κ3) is 2.81. The fraction of sp³-hybridized carbons (Fsp3) is 0.333. The Morgan fingerprint density at radius 1 is 1.77 bits per heavy atom. The Balaban J connectivity index is 2.99. The van der Waals surface area contributed by atoms with Gasteiger partial charge >= 0.3 is 0 Å². The van der Waals surface area contributed by atoms with Crippen LogP contribution in [-0.4, -0.2) is 9.55 Å². The maximum Gasteiger partial charge on any atom is 0.253 e. The average molecular weight is 243 g/mol. The second-order valence-corrected chi connectivity index (χ2v) is 3.84. The van der Waals surface area contributed by atoms with Gasteiger partial charge in [-0.05, 0) is 6.42 Å². The fourth-order valence-corrected chi connectivity index (χ4v) is 1.23. The Morgan fingerprint density at radius 2 is 2.46 bits per heavy atom. The lowest BCUT2D eigenvalue weighted by atomic mass is 10.3. The SMILES string of the molecule is C=C(Br)Cn1cnc(CC)cc1=O. The summed E-state index contributed by atoms with van der Waals surface area (Å²) in [6.45, 7) is 6.10. The van der Waals surface area contributed by atoms with Crippen molar-refractivity contribution < 1.29 is 0 Å². The second kappa shape index (κ2) is 4.37. The van der Waals surface area contributed by atoms with Gasteiger partial charge in [-0.1, -0.05) is 29.4 Å². The van der Waals surface area contributed by atoms with E-state index in [4.69, 9.17) is 0 Å². The van der Waals surface area contributed by atoms with Crippen molar-refractivity contribution in [3.63, 3.8) is 0 Å². The average Bonchev–Trinajstić information content (AvgIpc) is 2.08. The highest BCUT2D eigenvalue weighted by Crippen LogP contribution is 2.02. The summed E-state index contributed by atoms with van der Waals surface area (Å²) >= 11 is 3.20. The molecule has 0 aliphatic rings. The second-order valence-electron chi connectivity index (χ2n) is 2.72. The number of aryl methyl sites for hydroxylation is 1. The van der Waals surface area contributed by atoms with Crippen molar-refractivity contribution in [1.29, 1.82) is 0 Å². The first-order chi connectivity index (χ1) is 6.13. The molecule has 1 aromatic rings. The first-order valence-electron chi connectivity index (χ1n) is 4.02. The minimum absolute atomic E-state index is 0.0348. The van der Waals surface area contributed by atoms with Crippen LogP contribution in [0, 0.1) is 0 Å². The van der Waals surface area contributed by atoms with Gasteiger partial charge in [0.15, 0.2) is 0 Å². The highest BCUT2D eigenvalue weighted by molar-refractivity contribution is 9.11. The highest BCUT2D eigenvalue weighted by Gasteiger charge is 1.98. The third-order valence-electron chi connectivity index (χ3n) is 1.64. The van der Waals surface area contributed by atoms with E-state index in [-0.39, 0.29) is 5.56 Å². The van der Waals surface area contributed by atoms with E-state index in [9.17, 15) is 4.79 Å². The molecule has 0 aliphatic heterocycles. The van der Waals surface area contributed by atoms with E-state index >= 15 is 0 Å². The van der Waals surface area contributed by atoms with Gasteiger partial charge in [-0.2, -0.15) is 0 Å². The lowest BCUT2D eigenvalue weighted by Gasteiger charge is -2.03. The van der Waals surface area contributed by atoms with E-state index < -0.39 is 0 Å². The first kappa shape index (κ1) is 10.2. The molecule has 1 rings (SSSR count). The van der Waals surface area contributed by atoms with Gasteiger partial charge < -0.3 is 0 Å². The third-order valence-corrected chi connectivity index (χ3v) is 1.89. The molecule has 0 fully saturated rings. The van der Waals surface area contributed by atoms with E-state index in [2.05, 4.69) is 27.5 Å². The molecule has 0 aliphatic carbocycles. The molecule has 1 heterocycles. The largest absolute Gasteiger partial charge is 0.294 e. The molecule has 70 valence electrons. The Hall–Kier alpha value is -0.900. The molecule has 0 saturated carbocycles. The maximum absolute atomic E-state index is 11.4. The zero-order valence-electron chi connectivity index (χ0n) is 7.46. The Labute approximate surface area is 85.2 Å². The number of halogens is 1. The Bertz CT molecular complexity index is 370. The molecule has 0 N–H and O–H groups in total. The molecule has 0 bridgehead atoms. The van der Waals surface area contributed by atoms with E-state index in [1.807, 2.05) is 6.92 Å². The van der Waals surface area contributed by atoms with Gasteiger partial charge in [-0.15, -0.1) is 0 Å². The van der Waals surface area contributed by atoms with Gasteiger partial charge in [-0.25, -0.2) is 4.98 Å². The molecule has 0 radical (unpaired) electrons. The van der Waals surface area contributed by atoms with Crippen LogP contribution >= 0.6 is 15.9 Å². The number of hydrogen-bond donors (Lipinski definition) is 0. The van der Waals surface area contributed by atoms with Gasteiger partial charge in [-0.3, -0.25) is 9.36 Å². The van der Waals surface area contributed by atoms with Crippen LogP contribution in [-0.2, 0) is 13.0 Å². The van der Waals surface area contributed by atoms with E-state index in [0.29, 0.717) is 6.54 Å². The van der Waals surface area contributed by atoms with Crippen molar-refractivity contribution in [3.8, 4) is 0 Å². The molecule has 0 atom stereocenters. The minimum Gasteiger partial charge on any atom is -0.294 e. The number of hydrogen-bond acceptors (Lipinski definition) is 2. The molecule has 0 spiro atoms. The van der Waals surface area contributed by atoms with E-state index in [1.165, 1.54) is 4.57 Å². The van der Waals surface area contributed by atoms with Crippen LogP contribution in [0.4, 0.5) is 0 Å². The number of rotatable bonds is 3. The first-order valence-corrected chi connectivity index (χ1v) is 4.81.